The molecule has 0 fully saturated rings. The third-order valence-corrected chi connectivity index (χ3v) is 12.2. The Morgan fingerprint density at radius 1 is 0.400 bits per heavy atom. The van der Waals surface area contributed by atoms with Crippen molar-refractivity contribution in [1.29, 1.82) is 0 Å². The fourth-order valence-electron chi connectivity index (χ4n) is 8.53. The first-order chi connectivity index (χ1) is 27.3. The second-order valence-corrected chi connectivity index (χ2v) is 15.2. The zero-order valence-electron chi connectivity index (χ0n) is 29.9. The molecule has 0 amide bonds. The van der Waals surface area contributed by atoms with E-state index in [-0.39, 0.29) is 0 Å². The Morgan fingerprint density at radius 3 is 1.95 bits per heavy atom. The van der Waals surface area contributed by atoms with Crippen molar-refractivity contribution >= 4 is 81.1 Å². The van der Waals surface area contributed by atoms with Gasteiger partial charge in [0.2, 0.25) is 0 Å². The lowest BCUT2D eigenvalue weighted by Crippen LogP contribution is -2.10. The summed E-state index contributed by atoms with van der Waals surface area (Å²) in [6.45, 7) is 0. The highest BCUT2D eigenvalue weighted by molar-refractivity contribution is 7.26. The van der Waals surface area contributed by atoms with Crippen molar-refractivity contribution in [3.63, 3.8) is 0 Å². The number of benzene rings is 9. The van der Waals surface area contributed by atoms with Crippen LogP contribution in [0.2, 0.25) is 0 Å². The van der Waals surface area contributed by atoms with E-state index in [1.54, 1.807) is 0 Å². The normalized spacial score (nSPS) is 11.6. The molecule has 0 bridgehead atoms. The summed E-state index contributed by atoms with van der Waals surface area (Å²) in [6, 6.07) is 75.2. The molecule has 0 radical (unpaired) electrons. The van der Waals surface area contributed by atoms with Crippen LogP contribution in [0.5, 0.6) is 0 Å². The van der Waals surface area contributed by atoms with E-state index in [4.69, 9.17) is 0 Å². The van der Waals surface area contributed by atoms with Crippen molar-refractivity contribution in [3.8, 4) is 27.9 Å². The van der Waals surface area contributed by atoms with Gasteiger partial charge in [0, 0.05) is 43.3 Å². The van der Waals surface area contributed by atoms with Crippen LogP contribution < -0.4 is 4.90 Å². The van der Waals surface area contributed by atoms with Crippen molar-refractivity contribution in [1.82, 2.24) is 4.57 Å². The van der Waals surface area contributed by atoms with Crippen LogP contribution in [0.25, 0.3) is 80.7 Å². The number of para-hydroxylation sites is 1. The molecule has 0 saturated heterocycles. The quantitative estimate of drug-likeness (QED) is 0.166. The molecule has 55 heavy (non-hydrogen) atoms. The van der Waals surface area contributed by atoms with Crippen LogP contribution in [0, 0.1) is 0 Å². The summed E-state index contributed by atoms with van der Waals surface area (Å²) in [7, 11) is 0. The third-order valence-electron chi connectivity index (χ3n) is 11.0. The maximum Gasteiger partial charge on any atom is 0.0640 e. The van der Waals surface area contributed by atoms with Crippen LogP contribution in [0.3, 0.4) is 0 Å². The number of hydrogen-bond acceptors (Lipinski definition) is 2. The first kappa shape index (κ1) is 31.6. The third kappa shape index (κ3) is 5.16. The molecule has 3 heteroatoms. The molecule has 0 aliphatic heterocycles. The van der Waals surface area contributed by atoms with Gasteiger partial charge in [0.25, 0.3) is 0 Å². The molecule has 258 valence electrons. The van der Waals surface area contributed by atoms with Gasteiger partial charge in [0.05, 0.1) is 21.4 Å². The maximum atomic E-state index is 2.46. The van der Waals surface area contributed by atoms with Crippen LogP contribution in [-0.2, 0) is 0 Å². The van der Waals surface area contributed by atoms with Crippen molar-refractivity contribution < 1.29 is 0 Å². The Kier molecular flexibility index (Phi) is 7.39. The Balaban J connectivity index is 1.21. The Morgan fingerprint density at radius 2 is 1.05 bits per heavy atom. The van der Waals surface area contributed by atoms with E-state index in [1.165, 1.54) is 80.7 Å². The van der Waals surface area contributed by atoms with Crippen molar-refractivity contribution in [2.75, 3.05) is 4.90 Å². The van der Waals surface area contributed by atoms with Gasteiger partial charge in [-0.05, 0) is 87.6 Å². The highest BCUT2D eigenvalue weighted by Gasteiger charge is 2.22. The number of thiophene rings is 1. The van der Waals surface area contributed by atoms with Crippen LogP contribution in [-0.4, -0.2) is 4.57 Å². The largest absolute Gasteiger partial charge is 0.309 e. The summed E-state index contributed by atoms with van der Waals surface area (Å²) in [6.07, 6.45) is 0. The zero-order valence-corrected chi connectivity index (χ0v) is 30.7. The van der Waals surface area contributed by atoms with E-state index in [1.807, 2.05) is 11.3 Å². The highest BCUT2D eigenvalue weighted by Crippen LogP contribution is 2.47. The molecule has 0 saturated carbocycles. The number of fused-ring (bicyclic) bond motifs is 7. The minimum Gasteiger partial charge on any atom is -0.309 e. The number of hydrogen-bond donors (Lipinski definition) is 0. The van der Waals surface area contributed by atoms with Crippen LogP contribution in [0.1, 0.15) is 0 Å². The molecule has 9 aromatic carbocycles. The number of rotatable bonds is 6. The van der Waals surface area contributed by atoms with Gasteiger partial charge in [-0.25, -0.2) is 0 Å². The first-order valence-corrected chi connectivity index (χ1v) is 19.6. The van der Waals surface area contributed by atoms with E-state index in [9.17, 15) is 0 Å². The monoisotopic (exact) mass is 718 g/mol. The molecular formula is C52H34N2S. The molecule has 0 aliphatic rings. The van der Waals surface area contributed by atoms with Gasteiger partial charge in [0.15, 0.2) is 0 Å². The Bertz CT molecular complexity index is 3200. The van der Waals surface area contributed by atoms with E-state index in [2.05, 4.69) is 216 Å². The molecule has 0 aliphatic carbocycles. The maximum absolute atomic E-state index is 2.46. The second kappa shape index (κ2) is 12.9. The molecule has 11 aromatic rings. The topological polar surface area (TPSA) is 8.17 Å². The van der Waals surface area contributed by atoms with Gasteiger partial charge in [-0.15, -0.1) is 11.3 Å². The van der Waals surface area contributed by atoms with Crippen molar-refractivity contribution in [2.45, 2.75) is 0 Å². The summed E-state index contributed by atoms with van der Waals surface area (Å²) in [4.78, 5) is 2.46. The minimum absolute atomic E-state index is 1.11. The van der Waals surface area contributed by atoms with E-state index < -0.39 is 0 Å². The Hall–Kier alpha value is -6.94. The molecule has 0 unspecified atom stereocenters. The van der Waals surface area contributed by atoms with E-state index in [0.29, 0.717) is 0 Å². The van der Waals surface area contributed by atoms with Gasteiger partial charge in [-0.3, -0.25) is 0 Å². The fraction of sp³-hybridized carbons (Fsp3) is 0. The van der Waals surface area contributed by atoms with E-state index >= 15 is 0 Å². The molecule has 2 nitrogen and oxygen atoms in total. The predicted octanol–water partition coefficient (Wildman–Crippen LogP) is 15.1. The lowest BCUT2D eigenvalue weighted by atomic mass is 9.94. The van der Waals surface area contributed by atoms with Gasteiger partial charge >= 0.3 is 0 Å². The number of nitrogens with zero attached hydrogens (tertiary/aromatic N) is 2. The molecule has 0 N–H and O–H groups in total. The van der Waals surface area contributed by atoms with Gasteiger partial charge in [-0.1, -0.05) is 152 Å². The zero-order chi connectivity index (χ0) is 36.3. The average Bonchev–Trinajstić information content (AvgIpc) is 3.81. The smallest absolute Gasteiger partial charge is 0.0640 e. The predicted molar refractivity (Wildman–Crippen MR) is 237 cm³/mol. The fourth-order valence-corrected chi connectivity index (χ4v) is 9.73. The molecule has 0 spiro atoms. The van der Waals surface area contributed by atoms with Gasteiger partial charge < -0.3 is 9.47 Å². The number of aromatic nitrogens is 1. The lowest BCUT2D eigenvalue weighted by Gasteiger charge is -2.27. The van der Waals surface area contributed by atoms with Crippen LogP contribution >= 0.6 is 11.3 Å². The summed E-state index contributed by atoms with van der Waals surface area (Å²) < 4.78 is 5.01. The standard InChI is InChI=1S/C52H34N2S/c1-3-15-35(16-4-1)37-19-11-22-39(33-37)53(48-29-14-27-45-43-24-9-10-30-50(43)55-52(45)48)40-31-32-46-49(34-40)54(38-20-5-2-6-21-38)47-28-13-26-44(51(46)47)42-25-12-18-36-17-7-8-23-41(36)42/h1-34H. The minimum atomic E-state index is 1.11. The summed E-state index contributed by atoms with van der Waals surface area (Å²) in [5.74, 6) is 0. The van der Waals surface area contributed by atoms with Gasteiger partial charge in [0.1, 0.15) is 0 Å². The Labute approximate surface area is 323 Å². The average molecular weight is 719 g/mol. The van der Waals surface area contributed by atoms with Gasteiger partial charge in [-0.2, -0.15) is 0 Å². The first-order valence-electron chi connectivity index (χ1n) is 18.8. The summed E-state index contributed by atoms with van der Waals surface area (Å²) in [5.41, 5.74) is 11.8. The summed E-state index contributed by atoms with van der Waals surface area (Å²) >= 11 is 1.87. The summed E-state index contributed by atoms with van der Waals surface area (Å²) in [5, 5.41) is 7.56. The lowest BCUT2D eigenvalue weighted by molar-refractivity contribution is 1.18. The highest BCUT2D eigenvalue weighted by atomic mass is 32.1. The van der Waals surface area contributed by atoms with Crippen LogP contribution in [0.4, 0.5) is 17.1 Å². The molecule has 0 atom stereocenters. The van der Waals surface area contributed by atoms with E-state index in [0.717, 1.165) is 17.1 Å². The molecule has 2 heterocycles. The number of anilines is 3. The second-order valence-electron chi connectivity index (χ2n) is 14.1. The molecular weight excluding hydrogens is 685 g/mol. The van der Waals surface area contributed by atoms with Crippen LogP contribution in [0.15, 0.2) is 206 Å². The molecule has 2 aromatic heterocycles. The molecule has 11 rings (SSSR count). The SMILES string of the molecule is c1ccc(-c2cccc(N(c3ccc4c5c(-c6cccc7ccccc67)cccc5n(-c5ccccc5)c4c3)c3cccc4c3sc3ccccc34)c2)cc1. The van der Waals surface area contributed by atoms with Crippen molar-refractivity contribution in [3.05, 3.63) is 206 Å². The van der Waals surface area contributed by atoms with Crippen molar-refractivity contribution in [2.24, 2.45) is 0 Å².